The molecule has 130 valence electrons. The highest BCUT2D eigenvalue weighted by atomic mass is 35.5. The van der Waals surface area contributed by atoms with Crippen molar-refractivity contribution in [3.8, 4) is 0 Å². The molecule has 1 amide bonds. The molecule has 1 N–H and O–H groups in total. The second-order valence-corrected chi connectivity index (χ2v) is 6.52. The average Bonchev–Trinajstić information content (AvgIpc) is 2.62. The summed E-state index contributed by atoms with van der Waals surface area (Å²) in [5.41, 5.74) is 2.22. The van der Waals surface area contributed by atoms with Gasteiger partial charge in [0.15, 0.2) is 11.6 Å². The van der Waals surface area contributed by atoms with Crippen LogP contribution in [0.1, 0.15) is 28.9 Å². The van der Waals surface area contributed by atoms with E-state index >= 15 is 0 Å². The molecule has 0 atom stereocenters. The minimum atomic E-state index is -0.725. The lowest BCUT2D eigenvalue weighted by Crippen LogP contribution is -2.26. The zero-order valence-corrected chi connectivity index (χ0v) is 14.7. The Bertz CT molecular complexity index is 798. The fourth-order valence-corrected chi connectivity index (χ4v) is 2.90. The topological polar surface area (TPSA) is 45.2 Å². The molecule has 2 heterocycles. The van der Waals surface area contributed by atoms with Gasteiger partial charge in [0, 0.05) is 18.7 Å². The summed E-state index contributed by atoms with van der Waals surface area (Å²) in [7, 11) is 2.08. The number of hydrogen-bond acceptors (Lipinski definition) is 3. The summed E-state index contributed by atoms with van der Waals surface area (Å²) in [6.45, 7) is 1.97. The molecule has 4 nitrogen and oxygen atoms in total. The molecular weight excluding hydrogens is 341 g/mol. The van der Waals surface area contributed by atoms with Crippen molar-refractivity contribution in [2.45, 2.75) is 12.8 Å². The number of pyridine rings is 1. The maximum Gasteiger partial charge on any atom is 0.256 e. The van der Waals surface area contributed by atoms with Gasteiger partial charge in [-0.15, -0.1) is 0 Å². The molecule has 2 aromatic rings. The Morgan fingerprint density at radius 3 is 2.64 bits per heavy atom. The number of halogens is 2. The molecule has 1 aliphatic rings. The third-order valence-electron chi connectivity index (χ3n) is 4.18. The molecule has 0 radical (unpaired) electrons. The monoisotopic (exact) mass is 359 g/mol. The van der Waals surface area contributed by atoms with E-state index in [0.717, 1.165) is 25.9 Å². The van der Waals surface area contributed by atoms with E-state index in [2.05, 4.69) is 22.2 Å². The quantitative estimate of drug-likeness (QED) is 0.891. The van der Waals surface area contributed by atoms with E-state index < -0.39 is 11.7 Å². The number of anilines is 1. The summed E-state index contributed by atoms with van der Waals surface area (Å²) in [5, 5.41) is 2.45. The molecule has 3 rings (SSSR count). The zero-order chi connectivity index (χ0) is 17.8. The Morgan fingerprint density at radius 1 is 1.28 bits per heavy atom. The highest BCUT2D eigenvalue weighted by Gasteiger charge is 2.16. The summed E-state index contributed by atoms with van der Waals surface area (Å²) in [4.78, 5) is 18.7. The van der Waals surface area contributed by atoms with Gasteiger partial charge in [-0.05, 0) is 44.2 Å². The molecule has 6 heteroatoms. The van der Waals surface area contributed by atoms with Crippen molar-refractivity contribution in [2.75, 3.05) is 25.5 Å². The van der Waals surface area contributed by atoms with Gasteiger partial charge in [0.25, 0.3) is 5.91 Å². The van der Waals surface area contributed by atoms with Crippen LogP contribution in [0, 0.1) is 5.82 Å². The van der Waals surface area contributed by atoms with Crippen molar-refractivity contribution >= 4 is 29.4 Å². The normalized spacial score (nSPS) is 15.1. The number of carbonyl (C=O) groups is 1. The number of hydrogen-bond donors (Lipinski definition) is 1. The largest absolute Gasteiger partial charge is 0.306 e. The molecule has 0 aliphatic carbocycles. The Hall–Kier alpha value is -2.24. The lowest BCUT2D eigenvalue weighted by molar-refractivity contribution is 0.102. The van der Waals surface area contributed by atoms with Crippen LogP contribution in [0.4, 0.5) is 10.2 Å². The van der Waals surface area contributed by atoms with Gasteiger partial charge < -0.3 is 10.2 Å². The number of piperidine rings is 1. The molecule has 1 fully saturated rings. The van der Waals surface area contributed by atoms with Gasteiger partial charge in [-0.1, -0.05) is 35.4 Å². The van der Waals surface area contributed by atoms with Crippen molar-refractivity contribution < 1.29 is 9.18 Å². The molecule has 0 bridgehead atoms. The fourth-order valence-electron chi connectivity index (χ4n) is 2.70. The van der Waals surface area contributed by atoms with Crippen LogP contribution >= 0.6 is 11.6 Å². The Morgan fingerprint density at radius 2 is 1.96 bits per heavy atom. The third-order valence-corrected chi connectivity index (χ3v) is 4.46. The maximum absolute atomic E-state index is 14.3. The average molecular weight is 360 g/mol. The summed E-state index contributed by atoms with van der Waals surface area (Å²) >= 11 is 5.99. The number of nitrogens with zero attached hydrogens (tertiary/aromatic N) is 2. The Kier molecular flexibility index (Phi) is 5.46. The van der Waals surface area contributed by atoms with Crippen molar-refractivity contribution in [1.29, 1.82) is 0 Å². The fraction of sp³-hybridized carbons (Fsp3) is 0.263. The van der Waals surface area contributed by atoms with E-state index in [-0.39, 0.29) is 10.8 Å². The van der Waals surface area contributed by atoms with E-state index in [1.807, 2.05) is 6.08 Å². The first kappa shape index (κ1) is 17.6. The first-order valence-electron chi connectivity index (χ1n) is 8.13. The summed E-state index contributed by atoms with van der Waals surface area (Å²) in [6, 6.07) is 10.1. The molecule has 1 aromatic heterocycles. The van der Waals surface area contributed by atoms with Crippen LogP contribution in [0.15, 0.2) is 42.0 Å². The number of benzene rings is 1. The standard InChI is InChI=1S/C19H19ClFN3O/c1-24-9-7-13(8-10-24)11-15-12-16(20)17(21)18(22-15)23-19(25)14-5-3-2-4-6-14/h2-6,11-12H,7-10H2,1H3,(H,22,23,25). The lowest BCUT2D eigenvalue weighted by Gasteiger charge is -2.24. The van der Waals surface area contributed by atoms with Gasteiger partial charge in [0.05, 0.1) is 10.7 Å². The van der Waals surface area contributed by atoms with Gasteiger partial charge in [-0.3, -0.25) is 4.79 Å². The van der Waals surface area contributed by atoms with E-state index in [0.29, 0.717) is 11.3 Å². The Balaban J connectivity index is 1.83. The number of aromatic nitrogens is 1. The molecule has 0 unspecified atom stereocenters. The van der Waals surface area contributed by atoms with Crippen LogP contribution in [0.2, 0.25) is 5.02 Å². The molecule has 1 aromatic carbocycles. The van der Waals surface area contributed by atoms with Crippen molar-refractivity contribution in [2.24, 2.45) is 0 Å². The maximum atomic E-state index is 14.3. The molecular formula is C19H19ClFN3O. The molecule has 1 saturated heterocycles. The molecule has 0 spiro atoms. The minimum absolute atomic E-state index is 0.0573. The van der Waals surface area contributed by atoms with E-state index in [9.17, 15) is 9.18 Å². The second-order valence-electron chi connectivity index (χ2n) is 6.12. The van der Waals surface area contributed by atoms with Crippen LogP contribution < -0.4 is 5.32 Å². The number of amides is 1. The Labute approximate surface area is 151 Å². The van der Waals surface area contributed by atoms with Crippen molar-refractivity contribution in [1.82, 2.24) is 9.88 Å². The SMILES string of the molecule is CN1CCC(=Cc2cc(Cl)c(F)c(NC(=O)c3ccccc3)n2)CC1. The number of likely N-dealkylation sites (tertiary alicyclic amines) is 1. The van der Waals surface area contributed by atoms with Crippen LogP contribution in [-0.2, 0) is 0 Å². The first-order chi connectivity index (χ1) is 12.0. The molecule has 1 aliphatic heterocycles. The summed E-state index contributed by atoms with van der Waals surface area (Å²) < 4.78 is 14.3. The van der Waals surface area contributed by atoms with Crippen LogP contribution in [0.5, 0.6) is 0 Å². The number of carbonyl (C=O) groups excluding carboxylic acids is 1. The van der Waals surface area contributed by atoms with Gasteiger partial charge in [-0.25, -0.2) is 9.37 Å². The minimum Gasteiger partial charge on any atom is -0.306 e. The first-order valence-corrected chi connectivity index (χ1v) is 8.51. The smallest absolute Gasteiger partial charge is 0.256 e. The predicted molar refractivity (Wildman–Crippen MR) is 98.3 cm³/mol. The van der Waals surface area contributed by atoms with Gasteiger partial charge >= 0.3 is 0 Å². The van der Waals surface area contributed by atoms with Gasteiger partial charge in [0.1, 0.15) is 0 Å². The number of rotatable bonds is 3. The van der Waals surface area contributed by atoms with E-state index in [1.54, 1.807) is 30.3 Å². The third kappa shape index (κ3) is 4.44. The molecule has 25 heavy (non-hydrogen) atoms. The van der Waals surface area contributed by atoms with E-state index in [4.69, 9.17) is 11.6 Å². The summed E-state index contributed by atoms with van der Waals surface area (Å²) in [5.74, 6) is -1.30. The summed E-state index contributed by atoms with van der Waals surface area (Å²) in [6.07, 6.45) is 3.81. The van der Waals surface area contributed by atoms with Crippen molar-refractivity contribution in [3.05, 3.63) is 64.1 Å². The highest BCUT2D eigenvalue weighted by molar-refractivity contribution is 6.31. The second kappa shape index (κ2) is 7.76. The van der Waals surface area contributed by atoms with Gasteiger partial charge in [-0.2, -0.15) is 0 Å². The van der Waals surface area contributed by atoms with Crippen LogP contribution in [0.25, 0.3) is 6.08 Å². The zero-order valence-electron chi connectivity index (χ0n) is 13.9. The highest BCUT2D eigenvalue weighted by Crippen LogP contribution is 2.25. The molecule has 0 saturated carbocycles. The number of nitrogens with one attached hydrogen (secondary N) is 1. The van der Waals surface area contributed by atoms with Crippen LogP contribution in [-0.4, -0.2) is 35.9 Å². The predicted octanol–water partition coefficient (Wildman–Crippen LogP) is 4.24. The van der Waals surface area contributed by atoms with E-state index in [1.165, 1.54) is 11.6 Å². The van der Waals surface area contributed by atoms with Crippen LogP contribution in [0.3, 0.4) is 0 Å². The lowest BCUT2D eigenvalue weighted by atomic mass is 10.0. The van der Waals surface area contributed by atoms with Crippen molar-refractivity contribution in [3.63, 3.8) is 0 Å². The van der Waals surface area contributed by atoms with Gasteiger partial charge in [0.2, 0.25) is 0 Å².